The number of nitrogens with zero attached hydrogens (tertiary/aromatic N) is 4. The van der Waals surface area contributed by atoms with Crippen LogP contribution in [0.5, 0.6) is 5.88 Å². The number of carbonyl (C=O) groups is 1. The zero-order valence-corrected chi connectivity index (χ0v) is 13.0. The van der Waals surface area contributed by atoms with Gasteiger partial charge in [0.15, 0.2) is 5.78 Å². The summed E-state index contributed by atoms with van der Waals surface area (Å²) in [4.78, 5) is 20.2. The van der Waals surface area contributed by atoms with Gasteiger partial charge in [0, 0.05) is 12.6 Å². The molecule has 0 N–H and O–H groups in total. The van der Waals surface area contributed by atoms with Crippen LogP contribution in [0.25, 0.3) is 0 Å². The van der Waals surface area contributed by atoms with Gasteiger partial charge in [-0.1, -0.05) is 18.5 Å². The van der Waals surface area contributed by atoms with Crippen LogP contribution in [-0.4, -0.2) is 32.6 Å². The van der Waals surface area contributed by atoms with Gasteiger partial charge in [-0.15, -0.1) is 0 Å². The molecule has 21 heavy (non-hydrogen) atoms. The van der Waals surface area contributed by atoms with Gasteiger partial charge in [0.1, 0.15) is 12.0 Å². The minimum Gasteiger partial charge on any atom is -0.481 e. The average molecular weight is 309 g/mol. The molecular weight excluding hydrogens is 292 g/mol. The van der Waals surface area contributed by atoms with Gasteiger partial charge >= 0.3 is 0 Å². The van der Waals surface area contributed by atoms with Gasteiger partial charge in [-0.05, 0) is 13.3 Å². The molecule has 6 nitrogen and oxygen atoms in total. The molecule has 0 radical (unpaired) electrons. The Morgan fingerprint density at radius 2 is 2.14 bits per heavy atom. The van der Waals surface area contributed by atoms with Crippen LogP contribution < -0.4 is 4.74 Å². The van der Waals surface area contributed by atoms with Crippen molar-refractivity contribution in [2.75, 3.05) is 7.11 Å². The molecule has 112 valence electrons. The van der Waals surface area contributed by atoms with E-state index < -0.39 is 0 Å². The third-order valence-corrected chi connectivity index (χ3v) is 3.60. The lowest BCUT2D eigenvalue weighted by Gasteiger charge is -2.05. The average Bonchev–Trinajstić information content (AvgIpc) is 2.83. The van der Waals surface area contributed by atoms with Crippen LogP contribution in [0, 0.1) is 0 Å². The maximum absolute atomic E-state index is 12.4. The molecule has 0 amide bonds. The van der Waals surface area contributed by atoms with Crippen molar-refractivity contribution >= 4 is 17.4 Å². The van der Waals surface area contributed by atoms with E-state index in [0.717, 1.165) is 17.8 Å². The fourth-order valence-electron chi connectivity index (χ4n) is 2.03. The summed E-state index contributed by atoms with van der Waals surface area (Å²) in [5, 5.41) is 4.97. The summed E-state index contributed by atoms with van der Waals surface area (Å²) in [5.41, 5.74) is 1.83. The van der Waals surface area contributed by atoms with E-state index in [0.29, 0.717) is 23.1 Å². The second kappa shape index (κ2) is 6.67. The lowest BCUT2D eigenvalue weighted by atomic mass is 10.1. The van der Waals surface area contributed by atoms with Crippen LogP contribution in [0.15, 0.2) is 12.4 Å². The summed E-state index contributed by atoms with van der Waals surface area (Å²) in [5.74, 6) is 0.215. The highest BCUT2D eigenvalue weighted by Crippen LogP contribution is 2.23. The molecule has 0 bridgehead atoms. The van der Waals surface area contributed by atoms with E-state index in [1.807, 2.05) is 13.8 Å². The number of aromatic nitrogens is 4. The molecular formula is C14H17ClN4O2. The van der Waals surface area contributed by atoms with Crippen molar-refractivity contribution in [1.29, 1.82) is 0 Å². The van der Waals surface area contributed by atoms with Crippen LogP contribution >= 0.6 is 11.6 Å². The van der Waals surface area contributed by atoms with Crippen LogP contribution in [0.1, 0.15) is 35.7 Å². The van der Waals surface area contributed by atoms with Gasteiger partial charge in [-0.2, -0.15) is 5.10 Å². The lowest BCUT2D eigenvalue weighted by Crippen LogP contribution is -2.11. The predicted molar refractivity (Wildman–Crippen MR) is 78.9 cm³/mol. The maximum atomic E-state index is 12.4. The van der Waals surface area contributed by atoms with E-state index in [2.05, 4.69) is 15.1 Å². The van der Waals surface area contributed by atoms with E-state index in [1.165, 1.54) is 19.5 Å². The number of hydrogen-bond acceptors (Lipinski definition) is 5. The minimum absolute atomic E-state index is 0.144. The zero-order valence-electron chi connectivity index (χ0n) is 12.3. The molecule has 2 heterocycles. The maximum Gasteiger partial charge on any atom is 0.216 e. The Balaban J connectivity index is 2.28. The summed E-state index contributed by atoms with van der Waals surface area (Å²) in [6.45, 7) is 4.61. The van der Waals surface area contributed by atoms with E-state index in [9.17, 15) is 4.79 Å². The number of rotatable bonds is 6. The first kappa shape index (κ1) is 15.4. The number of ketones is 1. The molecule has 0 aliphatic rings. The molecule has 0 aliphatic carbocycles. The molecule has 0 atom stereocenters. The normalized spacial score (nSPS) is 10.7. The van der Waals surface area contributed by atoms with Crippen molar-refractivity contribution in [3.63, 3.8) is 0 Å². The fourth-order valence-corrected chi connectivity index (χ4v) is 2.37. The summed E-state index contributed by atoms with van der Waals surface area (Å²) in [7, 11) is 1.49. The molecule has 0 fully saturated rings. The Hall–Kier alpha value is -1.95. The highest BCUT2D eigenvalue weighted by atomic mass is 35.5. The minimum atomic E-state index is -0.144. The number of aryl methyl sites for hydroxylation is 2. The summed E-state index contributed by atoms with van der Waals surface area (Å²) < 4.78 is 6.76. The Morgan fingerprint density at radius 3 is 2.76 bits per heavy atom. The number of carbonyl (C=O) groups excluding carboxylic acids is 1. The van der Waals surface area contributed by atoms with Gasteiger partial charge in [0.25, 0.3) is 0 Å². The SMILES string of the molecule is CCc1nn(CC)c(CC(=O)c2cc(OC)ncn2)c1Cl. The van der Waals surface area contributed by atoms with Crippen LogP contribution in [0.3, 0.4) is 0 Å². The third-order valence-electron chi connectivity index (χ3n) is 3.16. The van der Waals surface area contributed by atoms with E-state index in [1.54, 1.807) is 4.68 Å². The summed E-state index contributed by atoms with van der Waals surface area (Å²) in [6.07, 6.45) is 2.19. The molecule has 0 aliphatic heterocycles. The van der Waals surface area contributed by atoms with Crippen molar-refractivity contribution in [3.8, 4) is 5.88 Å². The van der Waals surface area contributed by atoms with E-state index in [4.69, 9.17) is 16.3 Å². The topological polar surface area (TPSA) is 69.9 Å². The van der Waals surface area contributed by atoms with Gasteiger partial charge in [0.05, 0.1) is 29.9 Å². The largest absolute Gasteiger partial charge is 0.481 e. The number of ether oxygens (including phenoxy) is 1. The number of methoxy groups -OCH3 is 1. The first-order chi connectivity index (χ1) is 10.1. The zero-order chi connectivity index (χ0) is 15.4. The molecule has 0 saturated heterocycles. The van der Waals surface area contributed by atoms with Crippen molar-refractivity contribution in [1.82, 2.24) is 19.7 Å². The third kappa shape index (κ3) is 3.21. The molecule has 2 rings (SSSR count). The molecule has 2 aromatic rings. The highest BCUT2D eigenvalue weighted by molar-refractivity contribution is 6.32. The summed E-state index contributed by atoms with van der Waals surface area (Å²) >= 11 is 6.31. The van der Waals surface area contributed by atoms with Crippen molar-refractivity contribution in [2.45, 2.75) is 33.2 Å². The van der Waals surface area contributed by atoms with Gasteiger partial charge in [-0.3, -0.25) is 9.48 Å². The fraction of sp³-hybridized carbons (Fsp3) is 0.429. The molecule has 2 aromatic heterocycles. The predicted octanol–water partition coefficient (Wildman–Crippen LogP) is 2.34. The van der Waals surface area contributed by atoms with Crippen molar-refractivity contribution in [3.05, 3.63) is 34.5 Å². The van der Waals surface area contributed by atoms with Gasteiger partial charge < -0.3 is 4.74 Å². The quantitative estimate of drug-likeness (QED) is 0.766. The first-order valence-corrected chi connectivity index (χ1v) is 7.11. The Kier molecular flexibility index (Phi) is 4.90. The smallest absolute Gasteiger partial charge is 0.216 e. The lowest BCUT2D eigenvalue weighted by molar-refractivity contribution is 0.0985. The monoisotopic (exact) mass is 308 g/mol. The first-order valence-electron chi connectivity index (χ1n) is 6.73. The Labute approximate surface area is 128 Å². The second-order valence-electron chi connectivity index (χ2n) is 4.42. The van der Waals surface area contributed by atoms with Crippen molar-refractivity contribution in [2.24, 2.45) is 0 Å². The van der Waals surface area contributed by atoms with Crippen LogP contribution in [-0.2, 0) is 19.4 Å². The number of Topliss-reactive ketones (excluding diaryl/α,β-unsaturated/α-hetero) is 1. The molecule has 0 spiro atoms. The van der Waals surface area contributed by atoms with E-state index in [-0.39, 0.29) is 12.2 Å². The Bertz CT molecular complexity index is 654. The van der Waals surface area contributed by atoms with Gasteiger partial charge in [0.2, 0.25) is 5.88 Å². The molecule has 0 unspecified atom stereocenters. The highest BCUT2D eigenvalue weighted by Gasteiger charge is 2.19. The van der Waals surface area contributed by atoms with Gasteiger partial charge in [-0.25, -0.2) is 9.97 Å². The van der Waals surface area contributed by atoms with Crippen LogP contribution in [0.4, 0.5) is 0 Å². The number of halogens is 1. The van der Waals surface area contributed by atoms with E-state index >= 15 is 0 Å². The summed E-state index contributed by atoms with van der Waals surface area (Å²) in [6, 6.07) is 1.52. The van der Waals surface area contributed by atoms with Crippen molar-refractivity contribution < 1.29 is 9.53 Å². The van der Waals surface area contributed by atoms with Crippen LogP contribution in [0.2, 0.25) is 5.02 Å². The number of hydrogen-bond donors (Lipinski definition) is 0. The second-order valence-corrected chi connectivity index (χ2v) is 4.80. The standard InChI is InChI=1S/C14H17ClN4O2/c1-4-9-14(15)11(19(5-2)18-9)7-12(20)10-6-13(21-3)17-8-16-10/h6,8H,4-5,7H2,1-3H3. The molecule has 0 saturated carbocycles. The Morgan fingerprint density at radius 1 is 1.38 bits per heavy atom. The molecule has 7 heteroatoms. The molecule has 0 aromatic carbocycles.